The quantitative estimate of drug-likeness (QED) is 0.729. The monoisotopic (exact) mass is 343 g/mol. The van der Waals surface area contributed by atoms with E-state index in [2.05, 4.69) is 5.10 Å². The van der Waals surface area contributed by atoms with Crippen molar-refractivity contribution in [2.45, 2.75) is 20.5 Å². The lowest BCUT2D eigenvalue weighted by atomic mass is 10.1. The summed E-state index contributed by atoms with van der Waals surface area (Å²) in [5.41, 5.74) is 3.29. The van der Waals surface area contributed by atoms with Gasteiger partial charge in [-0.1, -0.05) is 36.4 Å². The summed E-state index contributed by atoms with van der Waals surface area (Å²) >= 11 is 6.16. The highest BCUT2D eigenvalue weighted by Gasteiger charge is 2.17. The van der Waals surface area contributed by atoms with Crippen molar-refractivity contribution < 1.29 is 4.74 Å². The van der Waals surface area contributed by atoms with Gasteiger partial charge in [-0.15, -0.1) is 5.10 Å². The molecular weight excluding hydrogens is 326 g/mol. The topological polar surface area (TPSA) is 49.0 Å². The fourth-order valence-corrected chi connectivity index (χ4v) is 2.92. The van der Waals surface area contributed by atoms with Crippen molar-refractivity contribution in [1.82, 2.24) is 14.3 Å². The zero-order valence-corrected chi connectivity index (χ0v) is 14.5. The highest BCUT2D eigenvalue weighted by atomic mass is 35.5. The third kappa shape index (κ3) is 2.95. The fourth-order valence-electron chi connectivity index (χ4n) is 2.65. The van der Waals surface area contributed by atoms with Gasteiger partial charge >= 0.3 is 5.69 Å². The Hall–Kier alpha value is -2.53. The van der Waals surface area contributed by atoms with Gasteiger partial charge in [0.05, 0.1) is 5.69 Å². The molecular formula is C18H18ClN3O2. The van der Waals surface area contributed by atoms with E-state index in [0.29, 0.717) is 12.3 Å². The number of rotatable bonds is 4. The van der Waals surface area contributed by atoms with Crippen LogP contribution < -0.4 is 10.4 Å². The lowest BCUT2D eigenvalue weighted by molar-refractivity contribution is 0.303. The molecule has 3 rings (SSSR count). The second kappa shape index (κ2) is 6.53. The molecule has 0 spiro atoms. The van der Waals surface area contributed by atoms with Crippen LogP contribution in [0, 0.1) is 13.8 Å². The second-order valence-electron chi connectivity index (χ2n) is 5.65. The molecule has 0 saturated carbocycles. The molecule has 0 atom stereocenters. The number of benzene rings is 2. The number of aryl methyl sites for hydroxylation is 3. The Morgan fingerprint density at radius 1 is 1.08 bits per heavy atom. The summed E-state index contributed by atoms with van der Waals surface area (Å²) in [5.74, 6) is 0.814. The molecule has 3 aromatic rings. The first-order chi connectivity index (χ1) is 11.5. The first kappa shape index (κ1) is 16.3. The van der Waals surface area contributed by atoms with E-state index >= 15 is 0 Å². The highest BCUT2D eigenvalue weighted by molar-refractivity contribution is 6.28. The summed E-state index contributed by atoms with van der Waals surface area (Å²) in [7, 11) is 1.58. The van der Waals surface area contributed by atoms with E-state index in [4.69, 9.17) is 16.3 Å². The van der Waals surface area contributed by atoms with Crippen molar-refractivity contribution in [3.63, 3.8) is 0 Å². The van der Waals surface area contributed by atoms with Gasteiger partial charge in [0.1, 0.15) is 12.4 Å². The van der Waals surface area contributed by atoms with E-state index < -0.39 is 0 Å². The van der Waals surface area contributed by atoms with E-state index in [9.17, 15) is 4.79 Å². The van der Waals surface area contributed by atoms with Gasteiger partial charge in [-0.3, -0.25) is 0 Å². The smallest absolute Gasteiger partial charge is 0.351 e. The van der Waals surface area contributed by atoms with Gasteiger partial charge in [-0.05, 0) is 42.6 Å². The Kier molecular flexibility index (Phi) is 4.44. The van der Waals surface area contributed by atoms with Gasteiger partial charge < -0.3 is 4.74 Å². The second-order valence-corrected chi connectivity index (χ2v) is 5.99. The van der Waals surface area contributed by atoms with Crippen molar-refractivity contribution in [3.8, 4) is 11.4 Å². The molecule has 0 aliphatic heterocycles. The Labute approximate surface area is 145 Å². The first-order valence-electron chi connectivity index (χ1n) is 7.58. The number of aromatic nitrogens is 3. The molecule has 0 aliphatic carbocycles. The average Bonchev–Trinajstić information content (AvgIpc) is 2.80. The predicted molar refractivity (Wildman–Crippen MR) is 94.1 cm³/mol. The molecule has 0 unspecified atom stereocenters. The maximum Gasteiger partial charge on any atom is 0.351 e. The fraction of sp³-hybridized carbons (Fsp3) is 0.222. The summed E-state index contributed by atoms with van der Waals surface area (Å²) in [6.45, 7) is 4.26. The number of halogens is 1. The standard InChI is InChI=1S/C18H18ClN3O2/c1-12-7-4-5-10-15(12)24-11-14-9-6-8-13(2)16(14)22-17(19)20-21(3)18(22)23/h4-10H,11H2,1-3H3. The maximum absolute atomic E-state index is 12.4. The van der Waals surface area contributed by atoms with Crippen LogP contribution in [0.4, 0.5) is 0 Å². The molecule has 0 amide bonds. The first-order valence-corrected chi connectivity index (χ1v) is 7.95. The van der Waals surface area contributed by atoms with Gasteiger partial charge in [0.15, 0.2) is 0 Å². The summed E-state index contributed by atoms with van der Waals surface area (Å²) in [6.07, 6.45) is 0. The van der Waals surface area contributed by atoms with Gasteiger partial charge in [0, 0.05) is 12.6 Å². The molecule has 0 saturated heterocycles. The zero-order valence-electron chi connectivity index (χ0n) is 13.8. The Morgan fingerprint density at radius 3 is 2.46 bits per heavy atom. The number of ether oxygens (including phenoxy) is 1. The zero-order chi connectivity index (χ0) is 17.3. The normalized spacial score (nSPS) is 10.8. The molecule has 1 aromatic heterocycles. The van der Waals surface area contributed by atoms with E-state index in [0.717, 1.165) is 22.4 Å². The SMILES string of the molecule is Cc1ccccc1OCc1cccc(C)c1-n1c(Cl)nn(C)c1=O. The number of nitrogens with zero attached hydrogens (tertiary/aromatic N) is 3. The van der Waals surface area contributed by atoms with Crippen LogP contribution >= 0.6 is 11.6 Å². The van der Waals surface area contributed by atoms with Crippen molar-refractivity contribution in [1.29, 1.82) is 0 Å². The number of para-hydroxylation sites is 2. The molecule has 6 heteroatoms. The minimum absolute atomic E-state index is 0.133. The summed E-state index contributed by atoms with van der Waals surface area (Å²) < 4.78 is 8.57. The Bertz CT molecular complexity index is 944. The average molecular weight is 344 g/mol. The van der Waals surface area contributed by atoms with Crippen molar-refractivity contribution >= 4 is 11.6 Å². The molecule has 0 N–H and O–H groups in total. The minimum Gasteiger partial charge on any atom is -0.489 e. The van der Waals surface area contributed by atoms with Crippen LogP contribution in [0.2, 0.25) is 5.28 Å². The predicted octanol–water partition coefficient (Wildman–Crippen LogP) is 3.42. The van der Waals surface area contributed by atoms with E-state index in [1.54, 1.807) is 7.05 Å². The van der Waals surface area contributed by atoms with Gasteiger partial charge in [-0.25, -0.2) is 14.0 Å². The van der Waals surface area contributed by atoms with Crippen LogP contribution in [-0.4, -0.2) is 14.3 Å². The molecule has 0 fully saturated rings. The lowest BCUT2D eigenvalue weighted by Crippen LogP contribution is -2.23. The molecule has 0 aliphatic rings. The van der Waals surface area contributed by atoms with Crippen molar-refractivity contribution in [3.05, 3.63) is 74.9 Å². The minimum atomic E-state index is -0.286. The molecule has 0 radical (unpaired) electrons. The van der Waals surface area contributed by atoms with Gasteiger partial charge in [-0.2, -0.15) is 0 Å². The van der Waals surface area contributed by atoms with Crippen molar-refractivity contribution in [2.24, 2.45) is 7.05 Å². The van der Waals surface area contributed by atoms with Crippen LogP contribution in [0.1, 0.15) is 16.7 Å². The molecule has 5 nitrogen and oxygen atoms in total. The third-order valence-corrected chi connectivity index (χ3v) is 4.15. The molecule has 24 heavy (non-hydrogen) atoms. The highest BCUT2D eigenvalue weighted by Crippen LogP contribution is 2.24. The Balaban J connectivity index is 2.03. The number of hydrogen-bond donors (Lipinski definition) is 0. The number of hydrogen-bond acceptors (Lipinski definition) is 3. The van der Waals surface area contributed by atoms with Crippen LogP contribution in [-0.2, 0) is 13.7 Å². The summed E-state index contributed by atoms with van der Waals surface area (Å²) in [6, 6.07) is 13.6. The molecule has 0 bridgehead atoms. The molecule has 2 aromatic carbocycles. The van der Waals surface area contributed by atoms with Gasteiger partial charge in [0.2, 0.25) is 5.28 Å². The van der Waals surface area contributed by atoms with Crippen LogP contribution in [0.25, 0.3) is 5.69 Å². The van der Waals surface area contributed by atoms with Gasteiger partial charge in [0.25, 0.3) is 0 Å². The maximum atomic E-state index is 12.4. The lowest BCUT2D eigenvalue weighted by Gasteiger charge is -2.15. The molecule has 1 heterocycles. The summed E-state index contributed by atoms with van der Waals surface area (Å²) in [5, 5.41) is 4.13. The largest absolute Gasteiger partial charge is 0.489 e. The Morgan fingerprint density at radius 2 is 1.79 bits per heavy atom. The third-order valence-electron chi connectivity index (χ3n) is 3.91. The van der Waals surface area contributed by atoms with E-state index in [-0.39, 0.29) is 11.0 Å². The van der Waals surface area contributed by atoms with Crippen LogP contribution in [0.5, 0.6) is 5.75 Å². The summed E-state index contributed by atoms with van der Waals surface area (Å²) in [4.78, 5) is 12.4. The van der Waals surface area contributed by atoms with E-state index in [1.165, 1.54) is 9.25 Å². The van der Waals surface area contributed by atoms with Crippen LogP contribution in [0.15, 0.2) is 47.3 Å². The molecule has 124 valence electrons. The van der Waals surface area contributed by atoms with Crippen LogP contribution in [0.3, 0.4) is 0 Å². The van der Waals surface area contributed by atoms with E-state index in [1.807, 2.05) is 56.3 Å². The van der Waals surface area contributed by atoms with Crippen molar-refractivity contribution in [2.75, 3.05) is 0 Å².